The fourth-order valence-electron chi connectivity index (χ4n) is 1.52. The first-order valence-electron chi connectivity index (χ1n) is 6.81. The fraction of sp³-hybridized carbons (Fsp3) is 0.533. The molecule has 0 amide bonds. The molecule has 0 aliphatic heterocycles. The number of benzene rings is 1. The van der Waals surface area contributed by atoms with E-state index in [1.54, 1.807) is 0 Å². The van der Waals surface area contributed by atoms with E-state index in [0.717, 1.165) is 37.3 Å². The Morgan fingerprint density at radius 2 is 1.95 bits per heavy atom. The zero-order valence-corrected chi connectivity index (χ0v) is 12.2. The van der Waals surface area contributed by atoms with Crippen LogP contribution in [-0.2, 0) is 0 Å². The van der Waals surface area contributed by atoms with Crippen LogP contribution in [0.5, 0.6) is 5.75 Å². The number of rotatable bonds is 8. The Morgan fingerprint density at radius 1 is 1.26 bits per heavy atom. The molecular formula is C15H25N3O. The van der Waals surface area contributed by atoms with E-state index in [2.05, 4.69) is 16.8 Å². The summed E-state index contributed by atoms with van der Waals surface area (Å²) >= 11 is 0. The zero-order chi connectivity index (χ0) is 14.1. The minimum absolute atomic E-state index is 0.585. The van der Waals surface area contributed by atoms with Gasteiger partial charge in [-0.3, -0.25) is 4.99 Å². The van der Waals surface area contributed by atoms with Crippen LogP contribution in [0.2, 0.25) is 0 Å². The fourth-order valence-corrected chi connectivity index (χ4v) is 1.52. The molecule has 0 bridgehead atoms. The van der Waals surface area contributed by atoms with Crippen molar-refractivity contribution in [1.29, 1.82) is 0 Å². The van der Waals surface area contributed by atoms with E-state index in [0.29, 0.717) is 12.4 Å². The molecule has 0 heterocycles. The first-order chi connectivity index (χ1) is 9.13. The van der Waals surface area contributed by atoms with Crippen LogP contribution in [0, 0.1) is 0 Å². The van der Waals surface area contributed by atoms with Gasteiger partial charge in [0.25, 0.3) is 0 Å². The Morgan fingerprint density at radius 3 is 2.53 bits per heavy atom. The summed E-state index contributed by atoms with van der Waals surface area (Å²) in [6.07, 6.45) is 2.22. The lowest BCUT2D eigenvalue weighted by atomic mass is 10.2. The number of nitrogens with two attached hydrogens (primary N) is 1. The molecule has 19 heavy (non-hydrogen) atoms. The van der Waals surface area contributed by atoms with E-state index in [-0.39, 0.29) is 0 Å². The molecule has 0 aliphatic rings. The molecule has 0 saturated carbocycles. The van der Waals surface area contributed by atoms with Crippen LogP contribution < -0.4 is 10.5 Å². The van der Waals surface area contributed by atoms with Gasteiger partial charge in [-0.25, -0.2) is 0 Å². The molecule has 0 aromatic heterocycles. The minimum atomic E-state index is 0.585. The summed E-state index contributed by atoms with van der Waals surface area (Å²) in [5, 5.41) is 0. The minimum Gasteiger partial charge on any atom is -0.494 e. The Labute approximate surface area is 116 Å². The summed E-state index contributed by atoms with van der Waals surface area (Å²) in [5.74, 6) is 1.47. The largest absolute Gasteiger partial charge is 0.494 e. The zero-order valence-electron chi connectivity index (χ0n) is 12.2. The molecular weight excluding hydrogens is 238 g/mol. The third kappa shape index (κ3) is 6.25. The Kier molecular flexibility index (Phi) is 6.97. The van der Waals surface area contributed by atoms with Crippen molar-refractivity contribution in [3.63, 3.8) is 0 Å². The Hall–Kier alpha value is -1.55. The highest BCUT2D eigenvalue weighted by atomic mass is 16.5. The highest BCUT2D eigenvalue weighted by Gasteiger charge is 1.99. The Balaban J connectivity index is 2.50. The van der Waals surface area contributed by atoms with Crippen LogP contribution in [0.3, 0.4) is 0 Å². The number of nitrogens with zero attached hydrogens (tertiary/aromatic N) is 2. The van der Waals surface area contributed by atoms with Crippen molar-refractivity contribution in [3.8, 4) is 5.75 Å². The molecule has 0 aliphatic carbocycles. The van der Waals surface area contributed by atoms with Crippen molar-refractivity contribution < 1.29 is 4.74 Å². The molecule has 0 saturated heterocycles. The quantitative estimate of drug-likeness (QED) is 0.444. The molecule has 1 aromatic carbocycles. The van der Waals surface area contributed by atoms with Gasteiger partial charge in [-0.2, -0.15) is 0 Å². The predicted octanol–water partition coefficient (Wildman–Crippen LogP) is 2.13. The maximum absolute atomic E-state index is 5.94. The molecule has 4 heteroatoms. The van der Waals surface area contributed by atoms with Crippen LogP contribution in [-0.4, -0.2) is 44.5 Å². The maximum atomic E-state index is 5.94. The average molecular weight is 263 g/mol. The third-order valence-electron chi connectivity index (χ3n) is 2.75. The van der Waals surface area contributed by atoms with Gasteiger partial charge in [0, 0.05) is 12.1 Å². The van der Waals surface area contributed by atoms with E-state index in [9.17, 15) is 0 Å². The smallest absolute Gasteiger partial charge is 0.125 e. The van der Waals surface area contributed by atoms with Gasteiger partial charge in [0.2, 0.25) is 0 Å². The van der Waals surface area contributed by atoms with Crippen LogP contribution in [0.25, 0.3) is 0 Å². The van der Waals surface area contributed by atoms with Gasteiger partial charge in [-0.1, -0.05) is 13.3 Å². The van der Waals surface area contributed by atoms with Gasteiger partial charge in [0.15, 0.2) is 0 Å². The third-order valence-corrected chi connectivity index (χ3v) is 2.75. The van der Waals surface area contributed by atoms with Gasteiger partial charge >= 0.3 is 0 Å². The van der Waals surface area contributed by atoms with Crippen molar-refractivity contribution in [2.45, 2.75) is 19.8 Å². The number of likely N-dealkylation sites (N-methyl/N-ethyl adjacent to an activating group) is 1. The van der Waals surface area contributed by atoms with Crippen LogP contribution in [0.1, 0.15) is 25.3 Å². The number of unbranched alkanes of at least 4 members (excludes halogenated alkanes) is 1. The summed E-state index contributed by atoms with van der Waals surface area (Å²) in [5.41, 5.74) is 6.89. The van der Waals surface area contributed by atoms with Gasteiger partial charge in [-0.15, -0.1) is 0 Å². The molecule has 0 fully saturated rings. The summed E-state index contributed by atoms with van der Waals surface area (Å²) < 4.78 is 5.61. The predicted molar refractivity (Wildman–Crippen MR) is 81.0 cm³/mol. The molecule has 1 aromatic rings. The van der Waals surface area contributed by atoms with E-state index in [1.165, 1.54) is 0 Å². The maximum Gasteiger partial charge on any atom is 0.125 e. The number of amidine groups is 1. The van der Waals surface area contributed by atoms with E-state index in [4.69, 9.17) is 10.5 Å². The van der Waals surface area contributed by atoms with Gasteiger partial charge in [0.1, 0.15) is 11.6 Å². The summed E-state index contributed by atoms with van der Waals surface area (Å²) in [4.78, 5) is 6.44. The average Bonchev–Trinajstić information content (AvgIpc) is 2.39. The second kappa shape index (κ2) is 8.53. The molecule has 2 N–H and O–H groups in total. The monoisotopic (exact) mass is 263 g/mol. The number of hydrogen-bond donors (Lipinski definition) is 1. The second-order valence-corrected chi connectivity index (χ2v) is 4.80. The molecule has 0 atom stereocenters. The van der Waals surface area contributed by atoms with Crippen LogP contribution in [0.4, 0.5) is 0 Å². The van der Waals surface area contributed by atoms with Gasteiger partial charge in [0.05, 0.1) is 13.2 Å². The molecule has 4 nitrogen and oxygen atoms in total. The first kappa shape index (κ1) is 15.5. The molecule has 1 rings (SSSR count). The van der Waals surface area contributed by atoms with Crippen molar-refractivity contribution in [2.24, 2.45) is 10.7 Å². The number of ether oxygens (including phenoxy) is 1. The standard InChI is InChI=1S/C15H25N3O/c1-4-5-12-19-14-8-6-13(7-9-14)15(16)17-10-11-18(2)3/h6-9H,4-5,10-12H2,1-3H3,(H2,16,17). The summed E-state index contributed by atoms with van der Waals surface area (Å²) in [6.45, 7) is 4.53. The molecule has 0 radical (unpaired) electrons. The lowest BCUT2D eigenvalue weighted by molar-refractivity contribution is 0.309. The van der Waals surface area contributed by atoms with Crippen molar-refractivity contribution in [1.82, 2.24) is 4.90 Å². The van der Waals surface area contributed by atoms with Crippen molar-refractivity contribution in [3.05, 3.63) is 29.8 Å². The number of aliphatic imine (C=N–C) groups is 1. The summed E-state index contributed by atoms with van der Waals surface area (Å²) in [6, 6.07) is 7.80. The SMILES string of the molecule is CCCCOc1ccc(C(N)=NCCN(C)C)cc1. The topological polar surface area (TPSA) is 50.9 Å². The molecule has 106 valence electrons. The highest BCUT2D eigenvalue weighted by molar-refractivity contribution is 5.97. The number of hydrogen-bond acceptors (Lipinski definition) is 3. The summed E-state index contributed by atoms with van der Waals surface area (Å²) in [7, 11) is 4.04. The lowest BCUT2D eigenvalue weighted by Crippen LogP contribution is -2.19. The molecule has 0 spiro atoms. The first-order valence-corrected chi connectivity index (χ1v) is 6.81. The van der Waals surface area contributed by atoms with E-state index in [1.807, 2.05) is 38.4 Å². The van der Waals surface area contributed by atoms with Crippen molar-refractivity contribution in [2.75, 3.05) is 33.8 Å². The van der Waals surface area contributed by atoms with Crippen LogP contribution in [0.15, 0.2) is 29.3 Å². The van der Waals surface area contributed by atoms with E-state index >= 15 is 0 Å². The highest BCUT2D eigenvalue weighted by Crippen LogP contribution is 2.12. The van der Waals surface area contributed by atoms with Gasteiger partial charge in [-0.05, 0) is 44.8 Å². The second-order valence-electron chi connectivity index (χ2n) is 4.80. The normalized spacial score (nSPS) is 11.9. The lowest BCUT2D eigenvalue weighted by Gasteiger charge is -2.08. The van der Waals surface area contributed by atoms with E-state index < -0.39 is 0 Å². The molecule has 0 unspecified atom stereocenters. The van der Waals surface area contributed by atoms with Crippen molar-refractivity contribution >= 4 is 5.84 Å². The van der Waals surface area contributed by atoms with Crippen LogP contribution >= 0.6 is 0 Å². The van der Waals surface area contributed by atoms with Gasteiger partial charge < -0.3 is 15.4 Å². The Bertz CT molecular complexity index is 385.